The van der Waals surface area contributed by atoms with Crippen LogP contribution in [-0.4, -0.2) is 13.1 Å². The molecule has 1 aromatic heterocycles. The highest BCUT2D eigenvalue weighted by Gasteiger charge is 2.08. The monoisotopic (exact) mass is 196 g/mol. The van der Waals surface area contributed by atoms with Gasteiger partial charge in [0.2, 0.25) is 11.6 Å². The molecule has 1 aromatic rings. The molecule has 0 aliphatic rings. The Hall–Kier alpha value is -1.65. The molecule has 1 heterocycles. The van der Waals surface area contributed by atoms with E-state index in [0.29, 0.717) is 4.73 Å². The highest BCUT2D eigenvalue weighted by atomic mass is 16.5. The Labute approximate surface area is 83.5 Å². The zero-order valence-corrected chi connectivity index (χ0v) is 8.53. The number of hydrogen-bond acceptors (Lipinski definition) is 4. The van der Waals surface area contributed by atoms with Crippen LogP contribution in [0.15, 0.2) is 12.1 Å². The van der Waals surface area contributed by atoms with Gasteiger partial charge in [-0.25, -0.2) is 4.73 Å². The summed E-state index contributed by atoms with van der Waals surface area (Å²) in [4.78, 5) is 2.08. The Balaban J connectivity index is 3.11. The van der Waals surface area contributed by atoms with Gasteiger partial charge in [0.1, 0.15) is 0 Å². The lowest BCUT2D eigenvalue weighted by Crippen LogP contribution is -2.35. The number of hydrogen-bond donors (Lipinski definition) is 2. The van der Waals surface area contributed by atoms with Gasteiger partial charge in [-0.2, -0.15) is 0 Å². The van der Waals surface area contributed by atoms with Crippen molar-refractivity contribution in [1.29, 1.82) is 0 Å². The fourth-order valence-corrected chi connectivity index (χ4v) is 1.38. The molecule has 0 saturated heterocycles. The molecule has 0 unspecified atom stereocenters. The van der Waals surface area contributed by atoms with Crippen LogP contribution in [0.4, 0.5) is 17.3 Å². The molecule has 0 fully saturated rings. The molecule has 4 N–H and O–H groups in total. The maximum Gasteiger partial charge on any atom is 0.221 e. The summed E-state index contributed by atoms with van der Waals surface area (Å²) in [7, 11) is 0. The summed E-state index contributed by atoms with van der Waals surface area (Å²) in [5.74, 6) is 0.263. The Morgan fingerprint density at radius 2 is 1.64 bits per heavy atom. The van der Waals surface area contributed by atoms with Crippen LogP contribution in [-0.2, 0) is 0 Å². The molecule has 0 spiro atoms. The second-order valence-corrected chi connectivity index (χ2v) is 3.03. The van der Waals surface area contributed by atoms with Crippen LogP contribution in [0.25, 0.3) is 0 Å². The zero-order valence-electron chi connectivity index (χ0n) is 8.53. The van der Waals surface area contributed by atoms with Crippen LogP contribution in [0.1, 0.15) is 13.8 Å². The van der Waals surface area contributed by atoms with Crippen LogP contribution in [0.2, 0.25) is 0 Å². The number of nitrogen functional groups attached to an aromatic ring is 2. The van der Waals surface area contributed by atoms with E-state index in [4.69, 9.17) is 11.5 Å². The van der Waals surface area contributed by atoms with E-state index >= 15 is 0 Å². The summed E-state index contributed by atoms with van der Waals surface area (Å²) in [6.45, 7) is 5.79. The number of aromatic nitrogens is 1. The van der Waals surface area contributed by atoms with Gasteiger partial charge in [0.05, 0.1) is 0 Å². The van der Waals surface area contributed by atoms with Gasteiger partial charge in [0.25, 0.3) is 0 Å². The summed E-state index contributed by atoms with van der Waals surface area (Å²) in [6, 6.07) is 3.27. The average Bonchev–Trinajstić information content (AvgIpc) is 2.16. The molecule has 0 atom stereocenters. The first-order valence-corrected chi connectivity index (χ1v) is 4.63. The molecular weight excluding hydrogens is 180 g/mol. The lowest BCUT2D eigenvalue weighted by molar-refractivity contribution is -0.574. The third-order valence-corrected chi connectivity index (χ3v) is 2.19. The Bertz CT molecular complexity index is 300. The molecule has 0 amide bonds. The van der Waals surface area contributed by atoms with Crippen molar-refractivity contribution in [3.8, 4) is 0 Å². The van der Waals surface area contributed by atoms with E-state index in [1.165, 1.54) is 0 Å². The fourth-order valence-electron chi connectivity index (χ4n) is 1.38. The van der Waals surface area contributed by atoms with Gasteiger partial charge in [-0.3, -0.25) is 0 Å². The van der Waals surface area contributed by atoms with Crippen LogP contribution in [0, 0.1) is 5.21 Å². The minimum Gasteiger partial charge on any atom is -0.740 e. The first-order valence-electron chi connectivity index (χ1n) is 4.63. The van der Waals surface area contributed by atoms with Crippen molar-refractivity contribution in [2.75, 3.05) is 29.5 Å². The summed E-state index contributed by atoms with van der Waals surface area (Å²) in [5.41, 5.74) is 11.9. The van der Waals surface area contributed by atoms with E-state index < -0.39 is 0 Å². The van der Waals surface area contributed by atoms with E-state index in [1.807, 2.05) is 13.8 Å². The van der Waals surface area contributed by atoms with Crippen LogP contribution < -0.4 is 21.1 Å². The zero-order chi connectivity index (χ0) is 10.7. The smallest absolute Gasteiger partial charge is 0.221 e. The molecule has 0 saturated carbocycles. The first-order chi connectivity index (χ1) is 6.60. The van der Waals surface area contributed by atoms with E-state index in [0.717, 1.165) is 18.8 Å². The third kappa shape index (κ3) is 1.81. The Morgan fingerprint density at radius 1 is 1.21 bits per heavy atom. The maximum atomic E-state index is 11.2. The van der Waals surface area contributed by atoms with Crippen molar-refractivity contribution >= 4 is 17.3 Å². The maximum absolute atomic E-state index is 11.2. The van der Waals surface area contributed by atoms with Gasteiger partial charge in [-0.15, -0.1) is 0 Å². The molecule has 0 aromatic carbocycles. The molecule has 14 heavy (non-hydrogen) atoms. The van der Waals surface area contributed by atoms with Crippen molar-refractivity contribution < 1.29 is 4.73 Å². The average molecular weight is 196 g/mol. The largest absolute Gasteiger partial charge is 0.740 e. The van der Waals surface area contributed by atoms with E-state index in [9.17, 15) is 5.21 Å². The van der Waals surface area contributed by atoms with E-state index in [2.05, 4.69) is 4.90 Å². The van der Waals surface area contributed by atoms with Crippen LogP contribution in [0.5, 0.6) is 0 Å². The van der Waals surface area contributed by atoms with Gasteiger partial charge in [0, 0.05) is 30.9 Å². The number of rotatable bonds is 3. The fraction of sp³-hybridized carbons (Fsp3) is 0.444. The second kappa shape index (κ2) is 4.04. The van der Waals surface area contributed by atoms with Crippen molar-refractivity contribution in [1.82, 2.24) is 0 Å². The Kier molecular flexibility index (Phi) is 3.01. The highest BCUT2D eigenvalue weighted by molar-refractivity contribution is 5.55. The lowest BCUT2D eigenvalue weighted by atomic mass is 10.3. The molecule has 1 rings (SSSR count). The minimum atomic E-state index is 0.131. The SMILES string of the molecule is CCN(CC)c1cc(N)[n+]([O-])c(N)c1. The van der Waals surface area contributed by atoms with Crippen LogP contribution >= 0.6 is 0 Å². The lowest BCUT2D eigenvalue weighted by Gasteiger charge is -2.22. The summed E-state index contributed by atoms with van der Waals surface area (Å²) < 4.78 is 0.521. The molecule has 0 bridgehead atoms. The van der Waals surface area contributed by atoms with Crippen molar-refractivity contribution in [2.24, 2.45) is 0 Å². The molecular formula is C9H16N4O. The molecule has 78 valence electrons. The van der Waals surface area contributed by atoms with Gasteiger partial charge >= 0.3 is 0 Å². The molecule has 5 heteroatoms. The number of pyridine rings is 1. The predicted molar refractivity (Wildman–Crippen MR) is 57.8 cm³/mol. The molecule has 0 aliphatic heterocycles. The van der Waals surface area contributed by atoms with Gasteiger partial charge in [0.15, 0.2) is 0 Å². The van der Waals surface area contributed by atoms with Gasteiger partial charge < -0.3 is 21.6 Å². The van der Waals surface area contributed by atoms with Crippen molar-refractivity contribution in [2.45, 2.75) is 13.8 Å². The number of nitrogens with zero attached hydrogens (tertiary/aromatic N) is 2. The van der Waals surface area contributed by atoms with E-state index in [1.54, 1.807) is 12.1 Å². The molecule has 0 radical (unpaired) electrons. The van der Waals surface area contributed by atoms with Gasteiger partial charge in [-0.05, 0) is 13.8 Å². The minimum absolute atomic E-state index is 0.131. The van der Waals surface area contributed by atoms with Crippen molar-refractivity contribution in [3.63, 3.8) is 0 Å². The third-order valence-electron chi connectivity index (χ3n) is 2.19. The summed E-state index contributed by atoms with van der Waals surface area (Å²) >= 11 is 0. The normalized spacial score (nSPS) is 10.1. The molecule has 5 nitrogen and oxygen atoms in total. The standard InChI is InChI=1S/C9H16N4O/c1-3-12(4-2)7-5-8(10)13(14)9(11)6-7/h5-6H,3-4,10-11H2,1-2H3. The number of nitrogens with two attached hydrogens (primary N) is 2. The summed E-state index contributed by atoms with van der Waals surface area (Å²) in [6.07, 6.45) is 0. The van der Waals surface area contributed by atoms with Gasteiger partial charge in [-0.1, -0.05) is 0 Å². The predicted octanol–water partition coefficient (Wildman–Crippen LogP) is 0.331. The number of anilines is 3. The van der Waals surface area contributed by atoms with Crippen molar-refractivity contribution in [3.05, 3.63) is 17.3 Å². The quantitative estimate of drug-likeness (QED) is 0.539. The Morgan fingerprint density at radius 3 is 2.00 bits per heavy atom. The topological polar surface area (TPSA) is 82.2 Å². The second-order valence-electron chi connectivity index (χ2n) is 3.03. The highest BCUT2D eigenvalue weighted by Crippen LogP contribution is 2.17. The van der Waals surface area contributed by atoms with E-state index in [-0.39, 0.29) is 11.6 Å². The van der Waals surface area contributed by atoms with Crippen LogP contribution in [0.3, 0.4) is 0 Å². The molecule has 0 aliphatic carbocycles. The summed E-state index contributed by atoms with van der Waals surface area (Å²) in [5, 5.41) is 11.2. The first kappa shape index (κ1) is 10.4.